The van der Waals surface area contributed by atoms with Crippen molar-refractivity contribution in [1.82, 2.24) is 15.3 Å². The van der Waals surface area contributed by atoms with Gasteiger partial charge in [-0.15, -0.1) is 0 Å². The second-order valence-electron chi connectivity index (χ2n) is 11.0. The van der Waals surface area contributed by atoms with Crippen LogP contribution in [0.3, 0.4) is 0 Å². The van der Waals surface area contributed by atoms with Gasteiger partial charge in [0.1, 0.15) is 11.9 Å². The Morgan fingerprint density at radius 3 is 2.27 bits per heavy atom. The van der Waals surface area contributed by atoms with Crippen LogP contribution in [0.25, 0.3) is 11.1 Å². The van der Waals surface area contributed by atoms with Crippen LogP contribution >= 0.6 is 0 Å². The maximum absolute atomic E-state index is 14.2. The lowest BCUT2D eigenvalue weighted by molar-refractivity contribution is -0.198. The number of hydrogen-bond donors (Lipinski definition) is 3. The molecular formula is C29H33F3N6O5S. The summed E-state index contributed by atoms with van der Waals surface area (Å²) in [6, 6.07) is 12.2. The Bertz CT molecular complexity index is 1600. The normalized spacial score (nSPS) is 19.1. The van der Waals surface area contributed by atoms with Gasteiger partial charge in [0.2, 0.25) is 28.0 Å². The maximum atomic E-state index is 14.2. The van der Waals surface area contributed by atoms with Gasteiger partial charge in [-0.25, -0.2) is 13.6 Å². The van der Waals surface area contributed by atoms with Crippen molar-refractivity contribution >= 4 is 27.8 Å². The number of hydrogen-bond acceptors (Lipinski definition) is 10. The first-order chi connectivity index (χ1) is 20.8. The molecule has 2 atom stereocenters. The molecule has 236 valence electrons. The molecule has 0 saturated carbocycles. The smallest absolute Gasteiger partial charge is 0.429 e. The summed E-state index contributed by atoms with van der Waals surface area (Å²) in [5.74, 6) is -0.441. The molecule has 0 bridgehead atoms. The van der Waals surface area contributed by atoms with Gasteiger partial charge in [0, 0.05) is 31.3 Å². The lowest BCUT2D eigenvalue weighted by Gasteiger charge is -2.39. The van der Waals surface area contributed by atoms with Crippen LogP contribution in [0, 0.1) is 5.41 Å². The van der Waals surface area contributed by atoms with Crippen LogP contribution < -0.4 is 25.8 Å². The van der Waals surface area contributed by atoms with Crippen LogP contribution in [0.2, 0.25) is 0 Å². The third kappa shape index (κ3) is 7.05. The summed E-state index contributed by atoms with van der Waals surface area (Å²) in [6.07, 6.45) is -4.96. The number of halogens is 3. The molecule has 5 N–H and O–H groups in total. The molecule has 2 aliphatic heterocycles. The number of nitrogens with two attached hydrogens (primary N) is 2. The highest BCUT2D eigenvalue weighted by Gasteiger charge is 2.45. The summed E-state index contributed by atoms with van der Waals surface area (Å²) in [5.41, 5.74) is 6.81. The van der Waals surface area contributed by atoms with E-state index in [2.05, 4.69) is 15.3 Å². The number of carbonyl (C=O) groups is 1. The van der Waals surface area contributed by atoms with Crippen LogP contribution in [0.4, 0.5) is 24.9 Å². The largest absolute Gasteiger partial charge is 0.465 e. The predicted molar refractivity (Wildman–Crippen MR) is 156 cm³/mol. The molecule has 2 aliphatic rings. The van der Waals surface area contributed by atoms with E-state index in [0.29, 0.717) is 49.6 Å². The van der Waals surface area contributed by atoms with E-state index < -0.39 is 22.3 Å². The first-order valence-corrected chi connectivity index (χ1v) is 15.6. The fourth-order valence-electron chi connectivity index (χ4n) is 5.70. The molecule has 0 aliphatic carbocycles. The minimum Gasteiger partial charge on any atom is -0.465 e. The lowest BCUT2D eigenvalue weighted by atomic mass is 9.76. The second kappa shape index (κ2) is 12.2. The number of primary sulfonamides is 1. The number of rotatable bonds is 8. The number of nitrogens with one attached hydrogen (secondary N) is 1. The Morgan fingerprint density at radius 2 is 1.70 bits per heavy atom. The van der Waals surface area contributed by atoms with Crippen molar-refractivity contribution in [1.29, 1.82) is 0 Å². The maximum Gasteiger partial charge on any atom is 0.429 e. The average molecular weight is 635 g/mol. The Balaban J connectivity index is 1.29. The summed E-state index contributed by atoms with van der Waals surface area (Å²) < 4.78 is 76.2. The molecule has 0 unspecified atom stereocenters. The fourth-order valence-corrected chi connectivity index (χ4v) is 6.22. The zero-order chi connectivity index (χ0) is 31.7. The molecule has 1 aromatic heterocycles. The van der Waals surface area contributed by atoms with Crippen LogP contribution in [-0.4, -0.2) is 62.8 Å². The molecule has 2 aromatic carbocycles. The van der Waals surface area contributed by atoms with E-state index in [1.54, 1.807) is 6.92 Å². The third-order valence-corrected chi connectivity index (χ3v) is 8.98. The van der Waals surface area contributed by atoms with E-state index >= 15 is 0 Å². The Hall–Kier alpha value is -3.95. The van der Waals surface area contributed by atoms with Gasteiger partial charge in [-0.1, -0.05) is 36.4 Å². The van der Waals surface area contributed by atoms with E-state index in [1.165, 1.54) is 54.6 Å². The summed E-state index contributed by atoms with van der Waals surface area (Å²) in [7, 11) is -3.87. The Kier molecular flexibility index (Phi) is 8.73. The summed E-state index contributed by atoms with van der Waals surface area (Å²) >= 11 is 0. The highest BCUT2D eigenvalue weighted by molar-refractivity contribution is 7.89. The van der Waals surface area contributed by atoms with E-state index in [1.807, 2.05) is 4.90 Å². The number of piperidine rings is 1. The number of carbonyl (C=O) groups excluding carboxylic acids is 1. The molecule has 2 fully saturated rings. The van der Waals surface area contributed by atoms with Crippen molar-refractivity contribution in [2.24, 2.45) is 10.6 Å². The SMILES string of the molecule is CCOC(=O)[C@@H]1CC2(CCN(c3cc(O[C@H](c4ccc(-c5ccc(S(N)(=O)=O)cc5)cc4)C(F)(F)F)nc(N)n3)CC2)CN1. The number of benzene rings is 2. The van der Waals surface area contributed by atoms with Gasteiger partial charge in [-0.2, -0.15) is 23.1 Å². The van der Waals surface area contributed by atoms with Crippen LogP contribution in [0.1, 0.15) is 37.9 Å². The molecule has 0 amide bonds. The van der Waals surface area contributed by atoms with Gasteiger partial charge in [0.15, 0.2) is 0 Å². The van der Waals surface area contributed by atoms with Gasteiger partial charge in [0.05, 0.1) is 11.5 Å². The van der Waals surface area contributed by atoms with Gasteiger partial charge in [0.25, 0.3) is 0 Å². The molecule has 44 heavy (non-hydrogen) atoms. The third-order valence-electron chi connectivity index (χ3n) is 8.05. The Labute approximate surface area is 252 Å². The molecule has 15 heteroatoms. The molecule has 0 radical (unpaired) electrons. The van der Waals surface area contributed by atoms with Gasteiger partial charge in [-0.05, 0) is 54.9 Å². The quantitative estimate of drug-likeness (QED) is 0.312. The average Bonchev–Trinajstić information content (AvgIpc) is 3.39. The molecular weight excluding hydrogens is 601 g/mol. The Morgan fingerprint density at radius 1 is 1.09 bits per heavy atom. The van der Waals surface area contributed by atoms with Gasteiger partial charge >= 0.3 is 12.1 Å². The molecule has 5 rings (SSSR count). The number of anilines is 2. The fraction of sp³-hybridized carbons (Fsp3) is 0.414. The highest BCUT2D eigenvalue weighted by Crippen LogP contribution is 2.42. The molecule has 1 spiro atoms. The van der Waals surface area contributed by atoms with Gasteiger partial charge in [-0.3, -0.25) is 4.79 Å². The highest BCUT2D eigenvalue weighted by atomic mass is 32.2. The first-order valence-electron chi connectivity index (χ1n) is 14.0. The number of alkyl halides is 3. The number of nitrogen functional groups attached to an aromatic ring is 1. The second-order valence-corrected chi connectivity index (χ2v) is 12.6. The minimum absolute atomic E-state index is 0.0749. The first kappa shape index (κ1) is 31.5. The number of esters is 1. The topological polar surface area (TPSA) is 163 Å². The predicted octanol–water partition coefficient (Wildman–Crippen LogP) is 3.57. The van der Waals surface area contributed by atoms with E-state index in [-0.39, 0.29) is 39.7 Å². The van der Waals surface area contributed by atoms with Crippen LogP contribution in [0.5, 0.6) is 5.88 Å². The lowest BCUT2D eigenvalue weighted by Crippen LogP contribution is -2.41. The van der Waals surface area contributed by atoms with Crippen molar-refractivity contribution in [3.05, 3.63) is 60.2 Å². The van der Waals surface area contributed by atoms with E-state index in [4.69, 9.17) is 20.3 Å². The number of ether oxygens (including phenoxy) is 2. The summed E-state index contributed by atoms with van der Waals surface area (Å²) in [4.78, 5) is 22.2. The number of aromatic nitrogens is 2. The van der Waals surface area contributed by atoms with Crippen molar-refractivity contribution in [2.75, 3.05) is 36.9 Å². The van der Waals surface area contributed by atoms with Gasteiger partial charge < -0.3 is 25.4 Å². The zero-order valence-electron chi connectivity index (χ0n) is 23.9. The van der Waals surface area contributed by atoms with Crippen LogP contribution in [0.15, 0.2) is 59.5 Å². The van der Waals surface area contributed by atoms with Crippen molar-refractivity contribution in [3.63, 3.8) is 0 Å². The van der Waals surface area contributed by atoms with Crippen molar-refractivity contribution < 1.29 is 35.9 Å². The number of sulfonamides is 1. The van der Waals surface area contributed by atoms with E-state index in [0.717, 1.165) is 12.8 Å². The molecule has 3 heterocycles. The van der Waals surface area contributed by atoms with Crippen LogP contribution in [-0.2, 0) is 19.6 Å². The van der Waals surface area contributed by atoms with Crippen molar-refractivity contribution in [3.8, 4) is 17.0 Å². The monoisotopic (exact) mass is 634 g/mol. The molecule has 11 nitrogen and oxygen atoms in total. The minimum atomic E-state index is -4.78. The number of nitrogens with zero attached hydrogens (tertiary/aromatic N) is 3. The molecule has 2 saturated heterocycles. The van der Waals surface area contributed by atoms with E-state index in [9.17, 15) is 26.4 Å². The standard InChI is InChI=1S/C29H33F3N6O5S/c1-2-42-26(39)22-16-28(17-35-22)11-13-38(14-12-28)23-15-24(37-27(33)36-23)43-25(29(30,31)32)20-5-3-18(4-6-20)19-7-9-21(10-8-19)44(34,40)41/h3-10,15,22,25,35H,2,11-14,16-17H2,1H3,(H2,33,36,37)(H2,34,40,41)/t22-,25+/m0/s1. The summed E-state index contributed by atoms with van der Waals surface area (Å²) in [5, 5.41) is 8.38. The summed E-state index contributed by atoms with van der Waals surface area (Å²) in [6.45, 7) is 3.89. The van der Waals surface area contributed by atoms with Crippen molar-refractivity contribution in [2.45, 2.75) is 49.4 Å². The zero-order valence-corrected chi connectivity index (χ0v) is 24.7. The molecule has 3 aromatic rings.